The van der Waals surface area contributed by atoms with E-state index in [2.05, 4.69) is 5.16 Å². The molecule has 0 unspecified atom stereocenters. The number of hydrogen-bond donors (Lipinski definition) is 1. The van der Waals surface area contributed by atoms with Gasteiger partial charge in [-0.2, -0.15) is 21.6 Å². The first-order chi connectivity index (χ1) is 14.2. The lowest BCUT2D eigenvalue weighted by Crippen LogP contribution is -2.30. The summed E-state index contributed by atoms with van der Waals surface area (Å²) in [5.41, 5.74) is -4.96. The summed E-state index contributed by atoms with van der Waals surface area (Å²) in [6, 6.07) is 12.5. The van der Waals surface area contributed by atoms with Gasteiger partial charge in [0.15, 0.2) is 0 Å². The van der Waals surface area contributed by atoms with Crippen LogP contribution in [0, 0.1) is 0 Å². The first-order valence-electron chi connectivity index (χ1n) is 9.35. The predicted molar refractivity (Wildman–Crippen MR) is 110 cm³/mol. The van der Waals surface area contributed by atoms with Crippen LogP contribution in [0.1, 0.15) is 43.2 Å². The first kappa shape index (κ1) is 22.4. The molecule has 0 amide bonds. The first-order valence-corrected chi connectivity index (χ1v) is 11.2. The van der Waals surface area contributed by atoms with Gasteiger partial charge in [-0.3, -0.25) is 4.72 Å². The molecule has 0 aromatic heterocycles. The highest BCUT2D eigenvalue weighted by Gasteiger charge is 2.46. The summed E-state index contributed by atoms with van der Waals surface area (Å²) in [4.78, 5) is 5.69. The molecule has 1 aliphatic carbocycles. The van der Waals surface area contributed by atoms with E-state index in [-0.39, 0.29) is 28.1 Å². The molecule has 0 aliphatic heterocycles. The van der Waals surface area contributed by atoms with Crippen LogP contribution in [-0.2, 0) is 14.9 Å². The Hall–Kier alpha value is -2.26. The third-order valence-electron chi connectivity index (χ3n) is 4.68. The van der Waals surface area contributed by atoms with E-state index in [1.54, 1.807) is 35.1 Å². The van der Waals surface area contributed by atoms with Gasteiger partial charge in [-0.25, -0.2) is 0 Å². The topological polar surface area (TPSA) is 67.8 Å². The largest absolute Gasteiger partial charge is 0.516 e. The normalized spacial score (nSPS) is 16.3. The second-order valence-corrected chi connectivity index (χ2v) is 9.02. The van der Waals surface area contributed by atoms with Crippen LogP contribution >= 0.6 is 11.6 Å². The molecule has 0 spiro atoms. The Bertz CT molecular complexity index is 1010. The van der Waals surface area contributed by atoms with Crippen LogP contribution in [0.15, 0.2) is 53.7 Å². The minimum atomic E-state index is -5.63. The second kappa shape index (κ2) is 9.26. The molecule has 0 saturated heterocycles. The number of anilines is 1. The Morgan fingerprint density at radius 1 is 1.07 bits per heavy atom. The summed E-state index contributed by atoms with van der Waals surface area (Å²) in [5.74, 6) is 0. The lowest BCUT2D eigenvalue weighted by atomic mass is 9.98. The van der Waals surface area contributed by atoms with Gasteiger partial charge in [0.2, 0.25) is 0 Å². The molecule has 3 rings (SSSR count). The van der Waals surface area contributed by atoms with E-state index in [1.165, 1.54) is 18.2 Å². The van der Waals surface area contributed by atoms with Gasteiger partial charge >= 0.3 is 15.5 Å². The highest BCUT2D eigenvalue weighted by Crippen LogP contribution is 2.30. The summed E-state index contributed by atoms with van der Waals surface area (Å²) in [7, 11) is -5.63. The van der Waals surface area contributed by atoms with Gasteiger partial charge in [0.25, 0.3) is 0 Å². The van der Waals surface area contributed by atoms with Crippen LogP contribution in [0.5, 0.6) is 0 Å². The fourth-order valence-corrected chi connectivity index (χ4v) is 3.91. The molecule has 5 nitrogen and oxygen atoms in total. The fraction of sp³-hybridized carbons (Fsp3) is 0.350. The van der Waals surface area contributed by atoms with E-state index < -0.39 is 15.5 Å². The van der Waals surface area contributed by atoms with Gasteiger partial charge in [-0.1, -0.05) is 53.5 Å². The third-order valence-corrected chi connectivity index (χ3v) is 6.01. The van der Waals surface area contributed by atoms with Gasteiger partial charge in [-0.05, 0) is 43.9 Å². The van der Waals surface area contributed by atoms with Gasteiger partial charge in [0, 0.05) is 16.1 Å². The monoisotopic (exact) mass is 460 g/mol. The standard InChI is InChI=1S/C20H20ClF3N2O3S/c21-15-11-12-18(26-30(27,28)20(22,23)24)17(13-15)19(14-7-3-1-4-8-14)25-29-16-9-5-2-6-10-16/h1,3-4,7-8,11-13,16,26H,2,5-6,9-10H2/b25-19+. The zero-order valence-electron chi connectivity index (χ0n) is 15.8. The Labute approximate surface area is 177 Å². The summed E-state index contributed by atoms with van der Waals surface area (Å²) in [5, 5.41) is 4.43. The van der Waals surface area contributed by atoms with E-state index in [9.17, 15) is 21.6 Å². The number of nitrogens with one attached hydrogen (secondary N) is 1. The van der Waals surface area contributed by atoms with Crippen LogP contribution in [-0.4, -0.2) is 25.7 Å². The number of oxime groups is 1. The second-order valence-electron chi connectivity index (χ2n) is 6.91. The van der Waals surface area contributed by atoms with Crippen molar-refractivity contribution in [2.24, 2.45) is 5.16 Å². The van der Waals surface area contributed by atoms with E-state index in [0.717, 1.165) is 32.1 Å². The Morgan fingerprint density at radius 3 is 2.37 bits per heavy atom. The van der Waals surface area contributed by atoms with Crippen LogP contribution < -0.4 is 4.72 Å². The molecule has 1 N–H and O–H groups in total. The molecule has 10 heteroatoms. The van der Waals surface area contributed by atoms with Crippen LogP contribution in [0.25, 0.3) is 0 Å². The molecule has 162 valence electrons. The molecule has 1 aliphatic rings. The molecule has 2 aromatic carbocycles. The lowest BCUT2D eigenvalue weighted by Gasteiger charge is -2.21. The minimum Gasteiger partial charge on any atom is -0.392 e. The smallest absolute Gasteiger partial charge is 0.392 e. The zero-order chi connectivity index (χ0) is 21.8. The molecule has 1 saturated carbocycles. The van der Waals surface area contributed by atoms with Crippen LogP contribution in [0.4, 0.5) is 18.9 Å². The van der Waals surface area contributed by atoms with Gasteiger partial charge in [0.1, 0.15) is 11.8 Å². The number of hydrogen-bond acceptors (Lipinski definition) is 4. The minimum absolute atomic E-state index is 0.0809. The fourth-order valence-electron chi connectivity index (χ4n) is 3.16. The number of benzene rings is 2. The summed E-state index contributed by atoms with van der Waals surface area (Å²) in [6.45, 7) is 0. The van der Waals surface area contributed by atoms with Crippen molar-refractivity contribution in [2.75, 3.05) is 4.72 Å². The lowest BCUT2D eigenvalue weighted by molar-refractivity contribution is -0.0429. The van der Waals surface area contributed by atoms with E-state index in [0.29, 0.717) is 5.56 Å². The molecule has 0 radical (unpaired) electrons. The van der Waals surface area contributed by atoms with Crippen molar-refractivity contribution in [1.29, 1.82) is 0 Å². The quantitative estimate of drug-likeness (QED) is 0.444. The van der Waals surface area contributed by atoms with Gasteiger partial charge in [-0.15, -0.1) is 0 Å². The molecule has 0 bridgehead atoms. The summed E-state index contributed by atoms with van der Waals surface area (Å²) >= 11 is 6.06. The number of sulfonamides is 1. The maximum Gasteiger partial charge on any atom is 0.516 e. The number of alkyl halides is 3. The van der Waals surface area contributed by atoms with Crippen molar-refractivity contribution in [3.8, 4) is 0 Å². The Kier molecular flexibility index (Phi) is 6.92. The molecule has 0 atom stereocenters. The number of halogens is 4. The molecule has 2 aromatic rings. The van der Waals surface area contributed by atoms with Crippen molar-refractivity contribution in [3.05, 3.63) is 64.7 Å². The van der Waals surface area contributed by atoms with Gasteiger partial charge in [0.05, 0.1) is 5.69 Å². The Balaban J connectivity index is 2.05. The van der Waals surface area contributed by atoms with Crippen LogP contribution in [0.3, 0.4) is 0 Å². The summed E-state index contributed by atoms with van der Waals surface area (Å²) in [6.07, 6.45) is 4.69. The van der Waals surface area contributed by atoms with E-state index >= 15 is 0 Å². The average Bonchev–Trinajstić information content (AvgIpc) is 2.71. The van der Waals surface area contributed by atoms with Crippen molar-refractivity contribution in [3.63, 3.8) is 0 Å². The molecule has 1 fully saturated rings. The van der Waals surface area contributed by atoms with E-state index in [4.69, 9.17) is 16.4 Å². The van der Waals surface area contributed by atoms with Crippen molar-refractivity contribution >= 4 is 33.0 Å². The van der Waals surface area contributed by atoms with Crippen molar-refractivity contribution in [2.45, 2.75) is 43.7 Å². The van der Waals surface area contributed by atoms with Crippen LogP contribution in [0.2, 0.25) is 5.02 Å². The molecule has 0 heterocycles. The van der Waals surface area contributed by atoms with Crippen molar-refractivity contribution < 1.29 is 26.4 Å². The van der Waals surface area contributed by atoms with Gasteiger partial charge < -0.3 is 4.84 Å². The SMILES string of the molecule is O=S(=O)(Nc1ccc(Cl)cc1/C(=N/OC1CCCCC1)c1ccccc1)C(F)(F)F. The number of rotatable bonds is 6. The maximum atomic E-state index is 12.9. The van der Waals surface area contributed by atoms with E-state index in [1.807, 2.05) is 0 Å². The highest BCUT2D eigenvalue weighted by molar-refractivity contribution is 7.93. The van der Waals surface area contributed by atoms with Crippen molar-refractivity contribution in [1.82, 2.24) is 0 Å². The zero-order valence-corrected chi connectivity index (χ0v) is 17.4. The average molecular weight is 461 g/mol. The number of nitrogens with zero attached hydrogens (tertiary/aromatic N) is 1. The highest BCUT2D eigenvalue weighted by atomic mass is 35.5. The predicted octanol–water partition coefficient (Wildman–Crippen LogP) is 5.70. The molecular formula is C20H20ClF3N2O3S. The summed E-state index contributed by atoms with van der Waals surface area (Å²) < 4.78 is 63.7. The Morgan fingerprint density at radius 2 is 1.73 bits per heavy atom. The molecule has 30 heavy (non-hydrogen) atoms. The molecular weight excluding hydrogens is 441 g/mol. The third kappa shape index (κ3) is 5.46. The maximum absolute atomic E-state index is 12.9.